The van der Waals surface area contributed by atoms with Crippen molar-refractivity contribution in [3.05, 3.63) is 69.2 Å². The molecule has 0 unspecified atom stereocenters. The first-order valence-corrected chi connectivity index (χ1v) is 9.64. The van der Waals surface area contributed by atoms with Crippen molar-refractivity contribution in [3.8, 4) is 0 Å². The number of nitrogens with zero attached hydrogens (tertiary/aromatic N) is 1. The molecule has 0 aromatic heterocycles. The molecule has 1 atom stereocenters. The molecule has 2 amide bonds. The Morgan fingerprint density at radius 1 is 1.07 bits per heavy atom. The van der Waals surface area contributed by atoms with Crippen molar-refractivity contribution in [1.29, 1.82) is 0 Å². The Labute approximate surface area is 170 Å². The van der Waals surface area contributed by atoms with Gasteiger partial charge in [0, 0.05) is 28.7 Å². The van der Waals surface area contributed by atoms with Gasteiger partial charge in [-0.3, -0.25) is 9.59 Å². The summed E-state index contributed by atoms with van der Waals surface area (Å²) in [7, 11) is 0. The average Bonchev–Trinajstić information content (AvgIpc) is 2.63. The quantitative estimate of drug-likeness (QED) is 0.740. The highest BCUT2D eigenvalue weighted by Gasteiger charge is 2.27. The maximum atomic E-state index is 13.0. The van der Waals surface area contributed by atoms with E-state index in [9.17, 15) is 9.59 Å². The molecule has 0 fully saturated rings. The van der Waals surface area contributed by atoms with Gasteiger partial charge in [-0.1, -0.05) is 59.1 Å². The first kappa shape index (κ1) is 21.3. The molecule has 0 bridgehead atoms. The van der Waals surface area contributed by atoms with Crippen LogP contribution in [-0.4, -0.2) is 29.3 Å². The molecule has 144 valence electrons. The van der Waals surface area contributed by atoms with Crippen LogP contribution in [0.2, 0.25) is 10.0 Å². The number of carbonyl (C=O) groups is 2. The number of likely N-dealkylation sites (N-methyl/N-ethyl adjacent to an activating group) is 1. The van der Waals surface area contributed by atoms with Gasteiger partial charge < -0.3 is 10.2 Å². The summed E-state index contributed by atoms with van der Waals surface area (Å²) in [6.45, 7) is 6.21. The zero-order valence-electron chi connectivity index (χ0n) is 15.8. The predicted octanol–water partition coefficient (Wildman–Crippen LogP) is 4.40. The largest absolute Gasteiger partial charge is 0.355 e. The number of amides is 2. The van der Waals surface area contributed by atoms with Gasteiger partial charge in [0.05, 0.1) is 6.42 Å². The summed E-state index contributed by atoms with van der Waals surface area (Å²) in [5, 5.41) is 3.71. The fourth-order valence-electron chi connectivity index (χ4n) is 2.74. The van der Waals surface area contributed by atoms with Crippen LogP contribution in [0.4, 0.5) is 0 Å². The minimum atomic E-state index is -0.643. The number of rotatable bonds is 7. The molecule has 1 N–H and O–H groups in total. The maximum absolute atomic E-state index is 13.0. The van der Waals surface area contributed by atoms with E-state index in [2.05, 4.69) is 5.32 Å². The summed E-state index contributed by atoms with van der Waals surface area (Å²) in [5.74, 6) is -0.369. The molecule has 0 radical (unpaired) electrons. The lowest BCUT2D eigenvalue weighted by molar-refractivity contribution is -0.140. The zero-order chi connectivity index (χ0) is 20.0. The second-order valence-electron chi connectivity index (χ2n) is 6.45. The molecule has 4 nitrogen and oxygen atoms in total. The van der Waals surface area contributed by atoms with Gasteiger partial charge in [-0.2, -0.15) is 0 Å². The first-order valence-electron chi connectivity index (χ1n) is 8.89. The first-order chi connectivity index (χ1) is 12.8. The monoisotopic (exact) mass is 406 g/mol. The van der Waals surface area contributed by atoms with Crippen molar-refractivity contribution >= 4 is 35.0 Å². The molecule has 0 aliphatic carbocycles. The van der Waals surface area contributed by atoms with Crippen LogP contribution in [0.25, 0.3) is 0 Å². The number of carbonyl (C=O) groups excluding carboxylic acids is 2. The van der Waals surface area contributed by atoms with Gasteiger partial charge in [0.1, 0.15) is 6.04 Å². The molecule has 0 aliphatic heterocycles. The molecule has 0 spiro atoms. The number of hydrogen-bond donors (Lipinski definition) is 1. The van der Waals surface area contributed by atoms with Crippen LogP contribution in [0.15, 0.2) is 42.5 Å². The molecule has 2 rings (SSSR count). The van der Waals surface area contributed by atoms with E-state index in [0.717, 1.165) is 11.1 Å². The highest BCUT2D eigenvalue weighted by atomic mass is 35.5. The van der Waals surface area contributed by atoms with Crippen molar-refractivity contribution in [2.45, 2.75) is 39.8 Å². The van der Waals surface area contributed by atoms with Gasteiger partial charge in [0.15, 0.2) is 0 Å². The Balaban J connectivity index is 2.29. The summed E-state index contributed by atoms with van der Waals surface area (Å²) in [5.41, 5.74) is 2.65. The molecule has 2 aromatic rings. The Hall–Kier alpha value is -2.04. The van der Waals surface area contributed by atoms with Gasteiger partial charge >= 0.3 is 0 Å². The smallest absolute Gasteiger partial charge is 0.242 e. The summed E-state index contributed by atoms with van der Waals surface area (Å²) < 4.78 is 0. The van der Waals surface area contributed by atoms with Crippen LogP contribution in [0, 0.1) is 6.92 Å². The topological polar surface area (TPSA) is 49.4 Å². The van der Waals surface area contributed by atoms with Gasteiger partial charge in [0.25, 0.3) is 0 Å². The Kier molecular flexibility index (Phi) is 7.69. The molecule has 27 heavy (non-hydrogen) atoms. The lowest BCUT2D eigenvalue weighted by Gasteiger charge is -2.29. The highest BCUT2D eigenvalue weighted by molar-refractivity contribution is 6.36. The third-order valence-electron chi connectivity index (χ3n) is 4.38. The minimum Gasteiger partial charge on any atom is -0.355 e. The summed E-state index contributed by atoms with van der Waals surface area (Å²) in [4.78, 5) is 26.9. The molecule has 0 aliphatic rings. The zero-order valence-corrected chi connectivity index (χ0v) is 17.3. The fraction of sp³-hybridized carbons (Fsp3) is 0.333. The number of aryl methyl sites for hydroxylation is 1. The SMILES string of the molecule is CCNC(=O)[C@H](C)N(Cc1c(Cl)cccc1Cl)C(=O)Cc1ccc(C)cc1. The van der Waals surface area contributed by atoms with Crippen LogP contribution < -0.4 is 5.32 Å². The molecule has 2 aromatic carbocycles. The Bertz CT molecular complexity index is 786. The van der Waals surface area contributed by atoms with Crippen LogP contribution in [0.5, 0.6) is 0 Å². The van der Waals surface area contributed by atoms with E-state index in [1.807, 2.05) is 38.1 Å². The van der Waals surface area contributed by atoms with E-state index < -0.39 is 6.04 Å². The predicted molar refractivity (Wildman–Crippen MR) is 110 cm³/mol. The lowest BCUT2D eigenvalue weighted by atomic mass is 10.1. The van der Waals surface area contributed by atoms with E-state index in [-0.39, 0.29) is 24.8 Å². The van der Waals surface area contributed by atoms with E-state index in [0.29, 0.717) is 22.2 Å². The molecule has 0 saturated carbocycles. The van der Waals surface area contributed by atoms with Crippen molar-refractivity contribution in [2.24, 2.45) is 0 Å². The van der Waals surface area contributed by atoms with E-state index in [1.54, 1.807) is 25.1 Å². The summed E-state index contributed by atoms with van der Waals surface area (Å²) >= 11 is 12.6. The molecule has 0 heterocycles. The Morgan fingerprint density at radius 3 is 2.22 bits per heavy atom. The number of hydrogen-bond acceptors (Lipinski definition) is 2. The van der Waals surface area contributed by atoms with Crippen LogP contribution in [-0.2, 0) is 22.6 Å². The van der Waals surface area contributed by atoms with Crippen LogP contribution in [0.3, 0.4) is 0 Å². The second-order valence-corrected chi connectivity index (χ2v) is 7.27. The highest BCUT2D eigenvalue weighted by Crippen LogP contribution is 2.26. The maximum Gasteiger partial charge on any atom is 0.242 e. The average molecular weight is 407 g/mol. The third-order valence-corrected chi connectivity index (χ3v) is 5.09. The second kappa shape index (κ2) is 9.77. The Morgan fingerprint density at radius 2 is 1.67 bits per heavy atom. The number of halogens is 2. The van der Waals surface area contributed by atoms with Crippen molar-refractivity contribution < 1.29 is 9.59 Å². The van der Waals surface area contributed by atoms with E-state index in [1.165, 1.54) is 4.90 Å². The third kappa shape index (κ3) is 5.72. The van der Waals surface area contributed by atoms with Crippen molar-refractivity contribution in [2.75, 3.05) is 6.54 Å². The standard InChI is InChI=1S/C21H24Cl2N2O2/c1-4-24-21(27)15(3)25(13-17-18(22)6-5-7-19(17)23)20(26)12-16-10-8-14(2)9-11-16/h5-11,15H,4,12-13H2,1-3H3,(H,24,27)/t15-/m0/s1. The fourth-order valence-corrected chi connectivity index (χ4v) is 3.26. The van der Waals surface area contributed by atoms with Gasteiger partial charge in [0.2, 0.25) is 11.8 Å². The van der Waals surface area contributed by atoms with Crippen LogP contribution >= 0.6 is 23.2 Å². The number of benzene rings is 2. The normalized spacial score (nSPS) is 11.7. The van der Waals surface area contributed by atoms with Crippen LogP contribution in [0.1, 0.15) is 30.5 Å². The minimum absolute atomic E-state index is 0.159. The summed E-state index contributed by atoms with van der Waals surface area (Å²) in [6, 6.07) is 12.3. The van der Waals surface area contributed by atoms with Gasteiger partial charge in [-0.25, -0.2) is 0 Å². The lowest BCUT2D eigenvalue weighted by Crippen LogP contribution is -2.48. The van der Waals surface area contributed by atoms with E-state index in [4.69, 9.17) is 23.2 Å². The molecular weight excluding hydrogens is 383 g/mol. The number of nitrogens with one attached hydrogen (secondary N) is 1. The van der Waals surface area contributed by atoms with E-state index >= 15 is 0 Å². The molecule has 6 heteroatoms. The van der Waals surface area contributed by atoms with Crippen molar-refractivity contribution in [1.82, 2.24) is 10.2 Å². The molecular formula is C21H24Cl2N2O2. The molecule has 0 saturated heterocycles. The van der Waals surface area contributed by atoms with Gasteiger partial charge in [-0.05, 0) is 38.5 Å². The van der Waals surface area contributed by atoms with Crippen molar-refractivity contribution in [3.63, 3.8) is 0 Å². The summed E-state index contributed by atoms with van der Waals surface area (Å²) in [6.07, 6.45) is 0.200. The van der Waals surface area contributed by atoms with Gasteiger partial charge in [-0.15, -0.1) is 0 Å².